The largest absolute Gasteiger partial charge is 0.363 e. The summed E-state index contributed by atoms with van der Waals surface area (Å²) in [6, 6.07) is 3.86. The third-order valence-corrected chi connectivity index (χ3v) is 3.21. The average molecular weight is 248 g/mol. The van der Waals surface area contributed by atoms with Crippen LogP contribution < -0.4 is 10.2 Å². The van der Waals surface area contributed by atoms with Gasteiger partial charge >= 0.3 is 0 Å². The van der Waals surface area contributed by atoms with Crippen LogP contribution in [-0.2, 0) is 0 Å². The minimum Gasteiger partial charge on any atom is -0.363 e. The number of pyridine rings is 1. The molecule has 0 radical (unpaired) electrons. The lowest BCUT2D eigenvalue weighted by Gasteiger charge is -2.34. The van der Waals surface area contributed by atoms with Crippen LogP contribution in [-0.4, -0.2) is 55.6 Å². The molecule has 5 heteroatoms. The van der Waals surface area contributed by atoms with Crippen molar-refractivity contribution in [2.24, 2.45) is 0 Å². The molecular weight excluding hydrogens is 228 g/mol. The van der Waals surface area contributed by atoms with E-state index in [0.29, 0.717) is 5.56 Å². The summed E-state index contributed by atoms with van der Waals surface area (Å²) in [6.07, 6.45) is 1.69. The Morgan fingerprint density at radius 2 is 2.33 bits per heavy atom. The van der Waals surface area contributed by atoms with Crippen molar-refractivity contribution in [3.05, 3.63) is 23.9 Å². The van der Waals surface area contributed by atoms with E-state index in [4.69, 9.17) is 0 Å². The summed E-state index contributed by atoms with van der Waals surface area (Å²) in [4.78, 5) is 20.5. The summed E-state index contributed by atoms with van der Waals surface area (Å²) in [5.74, 6) is 0.901. The molecule has 98 valence electrons. The van der Waals surface area contributed by atoms with Gasteiger partial charge in [0.25, 0.3) is 5.91 Å². The first-order valence-corrected chi connectivity index (χ1v) is 6.24. The normalized spacial score (nSPS) is 19.7. The molecule has 1 saturated heterocycles. The lowest BCUT2D eigenvalue weighted by Crippen LogP contribution is -2.52. The summed E-state index contributed by atoms with van der Waals surface area (Å²) >= 11 is 0. The first kappa shape index (κ1) is 12.8. The van der Waals surface area contributed by atoms with Crippen LogP contribution in [0.1, 0.15) is 17.3 Å². The fourth-order valence-corrected chi connectivity index (χ4v) is 2.10. The highest BCUT2D eigenvalue weighted by Gasteiger charge is 2.24. The van der Waals surface area contributed by atoms with Crippen molar-refractivity contribution < 1.29 is 4.79 Å². The van der Waals surface area contributed by atoms with Gasteiger partial charge in [0, 0.05) is 51.5 Å². The van der Waals surface area contributed by atoms with E-state index in [2.05, 4.69) is 17.2 Å². The van der Waals surface area contributed by atoms with E-state index in [1.54, 1.807) is 12.3 Å². The molecule has 5 nitrogen and oxygen atoms in total. The van der Waals surface area contributed by atoms with Crippen molar-refractivity contribution in [2.75, 3.05) is 38.6 Å². The van der Waals surface area contributed by atoms with Crippen molar-refractivity contribution in [3.63, 3.8) is 0 Å². The molecule has 1 fully saturated rings. The van der Waals surface area contributed by atoms with Gasteiger partial charge in [-0.25, -0.2) is 4.98 Å². The van der Waals surface area contributed by atoms with Crippen molar-refractivity contribution >= 4 is 11.7 Å². The van der Waals surface area contributed by atoms with Gasteiger partial charge < -0.3 is 15.1 Å². The van der Waals surface area contributed by atoms with Gasteiger partial charge in [-0.15, -0.1) is 0 Å². The predicted molar refractivity (Wildman–Crippen MR) is 71.9 cm³/mol. The maximum absolute atomic E-state index is 12.4. The topological polar surface area (TPSA) is 48.5 Å². The average Bonchev–Trinajstić information content (AvgIpc) is 2.38. The first-order valence-electron chi connectivity index (χ1n) is 6.24. The van der Waals surface area contributed by atoms with Crippen LogP contribution in [0.2, 0.25) is 0 Å². The van der Waals surface area contributed by atoms with Crippen LogP contribution in [0.3, 0.4) is 0 Å². The fourth-order valence-electron chi connectivity index (χ4n) is 2.10. The zero-order valence-electron chi connectivity index (χ0n) is 11.2. The highest BCUT2D eigenvalue weighted by Crippen LogP contribution is 2.14. The molecule has 2 rings (SSSR count). The van der Waals surface area contributed by atoms with Gasteiger partial charge in [0.1, 0.15) is 5.82 Å². The molecule has 1 N–H and O–H groups in total. The molecule has 1 aliphatic rings. The lowest BCUT2D eigenvalue weighted by molar-refractivity contribution is 0.0655. The van der Waals surface area contributed by atoms with Crippen molar-refractivity contribution in [3.8, 4) is 0 Å². The van der Waals surface area contributed by atoms with Crippen molar-refractivity contribution in [1.29, 1.82) is 0 Å². The Bertz CT molecular complexity index is 433. The van der Waals surface area contributed by atoms with Crippen LogP contribution in [0.15, 0.2) is 18.3 Å². The molecule has 0 spiro atoms. The van der Waals surface area contributed by atoms with E-state index < -0.39 is 0 Å². The third kappa shape index (κ3) is 2.61. The summed E-state index contributed by atoms with van der Waals surface area (Å²) in [5.41, 5.74) is 0.711. The number of carbonyl (C=O) groups is 1. The standard InChI is InChI=1S/C13H20N4O/c1-10-9-14-6-7-17(10)13(18)11-4-5-15-12(8-11)16(2)3/h4-5,8,10,14H,6-7,9H2,1-3H3/t10-/m1/s1. The Morgan fingerprint density at radius 1 is 1.56 bits per heavy atom. The molecule has 0 aromatic carbocycles. The molecule has 0 aliphatic carbocycles. The van der Waals surface area contributed by atoms with Crippen molar-refractivity contribution in [1.82, 2.24) is 15.2 Å². The van der Waals surface area contributed by atoms with Crippen LogP contribution in [0.4, 0.5) is 5.82 Å². The molecular formula is C13H20N4O. The Hall–Kier alpha value is -1.62. The number of amides is 1. The quantitative estimate of drug-likeness (QED) is 0.832. The molecule has 1 aromatic heterocycles. The van der Waals surface area contributed by atoms with Gasteiger partial charge in [-0.3, -0.25) is 4.79 Å². The van der Waals surface area contributed by atoms with Crippen LogP contribution in [0.5, 0.6) is 0 Å². The SMILES string of the molecule is C[C@@H]1CNCCN1C(=O)c1ccnc(N(C)C)c1. The number of anilines is 1. The van der Waals surface area contributed by atoms with E-state index in [1.165, 1.54) is 0 Å². The zero-order chi connectivity index (χ0) is 13.1. The number of hydrogen-bond acceptors (Lipinski definition) is 4. The summed E-state index contributed by atoms with van der Waals surface area (Å²) < 4.78 is 0. The maximum Gasteiger partial charge on any atom is 0.254 e. The van der Waals surface area contributed by atoms with Crippen LogP contribution >= 0.6 is 0 Å². The number of nitrogens with one attached hydrogen (secondary N) is 1. The molecule has 1 atom stereocenters. The zero-order valence-corrected chi connectivity index (χ0v) is 11.2. The van der Waals surface area contributed by atoms with Gasteiger partial charge in [0.05, 0.1) is 0 Å². The summed E-state index contributed by atoms with van der Waals surface area (Å²) in [7, 11) is 3.84. The Morgan fingerprint density at radius 3 is 3.00 bits per heavy atom. The van der Waals surface area contributed by atoms with E-state index in [0.717, 1.165) is 25.5 Å². The number of hydrogen-bond donors (Lipinski definition) is 1. The summed E-state index contributed by atoms with van der Waals surface area (Å²) in [6.45, 7) is 4.55. The molecule has 1 aromatic rings. The van der Waals surface area contributed by atoms with E-state index >= 15 is 0 Å². The third-order valence-electron chi connectivity index (χ3n) is 3.21. The number of rotatable bonds is 2. The Balaban J connectivity index is 2.19. The van der Waals surface area contributed by atoms with Gasteiger partial charge in [0.2, 0.25) is 0 Å². The second kappa shape index (κ2) is 5.35. The van der Waals surface area contributed by atoms with Crippen LogP contribution in [0.25, 0.3) is 0 Å². The number of aromatic nitrogens is 1. The molecule has 1 amide bonds. The molecule has 18 heavy (non-hydrogen) atoms. The Labute approximate surface area is 108 Å². The number of carbonyl (C=O) groups excluding carboxylic acids is 1. The Kier molecular flexibility index (Phi) is 3.81. The second-order valence-electron chi connectivity index (χ2n) is 4.85. The maximum atomic E-state index is 12.4. The minimum absolute atomic E-state index is 0.0921. The molecule has 0 saturated carbocycles. The van der Waals surface area contributed by atoms with Crippen molar-refractivity contribution in [2.45, 2.75) is 13.0 Å². The van der Waals surface area contributed by atoms with Gasteiger partial charge in [-0.2, -0.15) is 0 Å². The first-order chi connectivity index (χ1) is 8.59. The van der Waals surface area contributed by atoms with Gasteiger partial charge in [-0.1, -0.05) is 0 Å². The smallest absolute Gasteiger partial charge is 0.254 e. The monoisotopic (exact) mass is 248 g/mol. The van der Waals surface area contributed by atoms with E-state index in [1.807, 2.05) is 30.0 Å². The summed E-state index contributed by atoms with van der Waals surface area (Å²) in [5, 5.41) is 3.29. The van der Waals surface area contributed by atoms with Crippen LogP contribution in [0, 0.1) is 0 Å². The molecule has 2 heterocycles. The van der Waals surface area contributed by atoms with Gasteiger partial charge in [-0.05, 0) is 19.1 Å². The number of piperazine rings is 1. The fraction of sp³-hybridized carbons (Fsp3) is 0.538. The highest BCUT2D eigenvalue weighted by molar-refractivity contribution is 5.95. The number of nitrogens with zero attached hydrogens (tertiary/aromatic N) is 3. The van der Waals surface area contributed by atoms with Gasteiger partial charge in [0.15, 0.2) is 0 Å². The molecule has 0 unspecified atom stereocenters. The highest BCUT2D eigenvalue weighted by atomic mass is 16.2. The predicted octanol–water partition coefficient (Wildman–Crippen LogP) is 0.581. The minimum atomic E-state index is 0.0921. The van der Waals surface area contributed by atoms with E-state index in [9.17, 15) is 4.79 Å². The van der Waals surface area contributed by atoms with E-state index in [-0.39, 0.29) is 11.9 Å². The second-order valence-corrected chi connectivity index (χ2v) is 4.85. The molecule has 1 aliphatic heterocycles. The lowest BCUT2D eigenvalue weighted by atomic mass is 10.1. The molecule has 0 bridgehead atoms.